The van der Waals surface area contributed by atoms with Crippen molar-refractivity contribution >= 4 is 13.6 Å². The third-order valence-electron chi connectivity index (χ3n) is 1.23. The summed E-state index contributed by atoms with van der Waals surface area (Å²) in [4.78, 5) is 9.62. The third kappa shape index (κ3) is 2.38. The second-order valence-electron chi connectivity index (χ2n) is 2.04. The van der Waals surface area contributed by atoms with Crippen molar-refractivity contribution in [2.45, 2.75) is 0 Å². The quantitative estimate of drug-likeness (QED) is 0.424. The van der Waals surface area contributed by atoms with Crippen LogP contribution in [0.3, 0.4) is 0 Å². The highest BCUT2D eigenvalue weighted by Crippen LogP contribution is 2.29. The molecule has 0 atom stereocenters. The Morgan fingerprint density at radius 2 is 1.92 bits per heavy atom. The number of nitro benzene ring substituents is 1. The van der Waals surface area contributed by atoms with Crippen molar-refractivity contribution in [1.82, 2.24) is 0 Å². The van der Waals surface area contributed by atoms with Gasteiger partial charge >= 0.3 is 13.6 Å². The van der Waals surface area contributed by atoms with Crippen LogP contribution in [0.1, 0.15) is 0 Å². The molecule has 1 aromatic rings. The lowest BCUT2D eigenvalue weighted by molar-refractivity contribution is -0.385. The standard InChI is InChI=1S/C6H4NO5P/c8-7(9)5-3-1-2-4-6(5)12-13(10)11/h1-4H. The molecule has 6 nitrogen and oxygen atoms in total. The van der Waals surface area contributed by atoms with E-state index in [-0.39, 0.29) is 11.4 Å². The number of nitrogens with zero attached hydrogens (tertiary/aromatic N) is 1. The molecule has 7 heteroatoms. The summed E-state index contributed by atoms with van der Waals surface area (Å²) < 4.78 is 24.5. The summed E-state index contributed by atoms with van der Waals surface area (Å²) in [7, 11) is -3.12. The maximum absolute atomic E-state index is 10.3. The van der Waals surface area contributed by atoms with E-state index in [0.717, 1.165) is 6.07 Å². The molecule has 0 N–H and O–H groups in total. The summed E-state index contributed by atoms with van der Waals surface area (Å²) in [5.74, 6) is -0.274. The predicted molar refractivity (Wildman–Crippen MR) is 42.0 cm³/mol. The number of hydrogen-bond acceptors (Lipinski definition) is 5. The average Bonchev–Trinajstić information content (AvgIpc) is 2.03. The molecule has 1 rings (SSSR count). The van der Waals surface area contributed by atoms with E-state index in [1.165, 1.54) is 18.2 Å². The zero-order valence-electron chi connectivity index (χ0n) is 6.25. The Hall–Kier alpha value is -1.68. The van der Waals surface area contributed by atoms with Crippen LogP contribution in [-0.2, 0) is 9.13 Å². The summed E-state index contributed by atoms with van der Waals surface area (Å²) in [6.45, 7) is 0. The Morgan fingerprint density at radius 3 is 2.46 bits per heavy atom. The van der Waals surface area contributed by atoms with Crippen LogP contribution in [0, 0.1) is 10.1 Å². The van der Waals surface area contributed by atoms with Crippen LogP contribution in [0.2, 0.25) is 0 Å². The second kappa shape index (κ2) is 3.82. The summed E-state index contributed by atoms with van der Waals surface area (Å²) in [6, 6.07) is 5.24. The zero-order chi connectivity index (χ0) is 9.84. The fourth-order valence-electron chi connectivity index (χ4n) is 0.765. The Labute approximate surface area is 73.2 Å². The van der Waals surface area contributed by atoms with E-state index >= 15 is 0 Å². The molecule has 0 spiro atoms. The topological polar surface area (TPSA) is 86.5 Å². The molecule has 68 valence electrons. The van der Waals surface area contributed by atoms with Crippen LogP contribution in [0.5, 0.6) is 5.75 Å². The lowest BCUT2D eigenvalue weighted by Crippen LogP contribution is -1.90. The molecule has 1 aromatic carbocycles. The molecule has 0 fully saturated rings. The van der Waals surface area contributed by atoms with Gasteiger partial charge in [-0.05, 0) is 6.07 Å². The van der Waals surface area contributed by atoms with Crippen molar-refractivity contribution in [2.75, 3.05) is 0 Å². The van der Waals surface area contributed by atoms with Gasteiger partial charge in [-0.2, -0.15) is 9.13 Å². The van der Waals surface area contributed by atoms with Gasteiger partial charge in [-0.25, -0.2) is 0 Å². The van der Waals surface area contributed by atoms with Crippen molar-refractivity contribution in [3.63, 3.8) is 0 Å². The first-order valence-electron chi connectivity index (χ1n) is 3.17. The van der Waals surface area contributed by atoms with Gasteiger partial charge in [0.15, 0.2) is 0 Å². The molecule has 0 saturated heterocycles. The van der Waals surface area contributed by atoms with Gasteiger partial charge in [0.25, 0.3) is 0 Å². The molecular formula is C6H4NO5P. The molecule has 0 aromatic heterocycles. The molecular weight excluding hydrogens is 197 g/mol. The van der Waals surface area contributed by atoms with Crippen molar-refractivity contribution in [3.05, 3.63) is 34.4 Å². The minimum absolute atomic E-state index is 0.274. The normalized spacial score (nSPS) is 9.23. The molecule has 0 unspecified atom stereocenters. The molecule has 0 heterocycles. The molecule has 0 aliphatic rings. The van der Waals surface area contributed by atoms with Crippen LogP contribution < -0.4 is 4.52 Å². The zero-order valence-corrected chi connectivity index (χ0v) is 7.14. The minimum atomic E-state index is -3.12. The first-order chi connectivity index (χ1) is 6.11. The van der Waals surface area contributed by atoms with Gasteiger partial charge in [-0.15, -0.1) is 0 Å². The molecule has 0 aliphatic heterocycles. The second-order valence-corrected chi connectivity index (χ2v) is 2.67. The Bertz CT molecular complexity index is 392. The fraction of sp³-hybridized carbons (Fsp3) is 0. The van der Waals surface area contributed by atoms with Gasteiger partial charge in [-0.3, -0.25) is 10.1 Å². The van der Waals surface area contributed by atoms with Crippen LogP contribution in [-0.4, -0.2) is 4.92 Å². The number of para-hydroxylation sites is 2. The lowest BCUT2D eigenvalue weighted by Gasteiger charge is -1.96. The molecule has 13 heavy (non-hydrogen) atoms. The maximum Gasteiger partial charge on any atom is 0.529 e. The van der Waals surface area contributed by atoms with Crippen LogP contribution in [0.15, 0.2) is 24.3 Å². The summed E-state index contributed by atoms with van der Waals surface area (Å²) in [5.41, 5.74) is -0.373. The Kier molecular flexibility index (Phi) is 2.76. The van der Waals surface area contributed by atoms with Crippen molar-refractivity contribution in [1.29, 1.82) is 0 Å². The number of hydrogen-bond donors (Lipinski definition) is 0. The molecule has 0 saturated carbocycles. The van der Waals surface area contributed by atoms with Gasteiger partial charge in [-0.1, -0.05) is 12.1 Å². The number of rotatable bonds is 3. The van der Waals surface area contributed by atoms with E-state index in [1.54, 1.807) is 0 Å². The van der Waals surface area contributed by atoms with E-state index in [2.05, 4.69) is 4.52 Å². The van der Waals surface area contributed by atoms with E-state index < -0.39 is 12.8 Å². The van der Waals surface area contributed by atoms with Gasteiger partial charge in [0.05, 0.1) is 4.92 Å². The van der Waals surface area contributed by atoms with Crippen molar-refractivity contribution < 1.29 is 18.6 Å². The summed E-state index contributed by atoms with van der Waals surface area (Å²) in [5, 5.41) is 10.3. The minimum Gasteiger partial charge on any atom is -0.380 e. The Balaban J connectivity index is 3.11. The van der Waals surface area contributed by atoms with E-state index in [1.807, 2.05) is 0 Å². The highest BCUT2D eigenvalue weighted by molar-refractivity contribution is 7.25. The van der Waals surface area contributed by atoms with Crippen molar-refractivity contribution in [3.8, 4) is 5.75 Å². The molecule has 0 amide bonds. The predicted octanol–water partition coefficient (Wildman–Crippen LogP) is 2.06. The van der Waals surface area contributed by atoms with Gasteiger partial charge in [0.2, 0.25) is 5.75 Å². The number of nitro groups is 1. The van der Waals surface area contributed by atoms with Crippen molar-refractivity contribution in [2.24, 2.45) is 0 Å². The van der Waals surface area contributed by atoms with Gasteiger partial charge in [0.1, 0.15) is 0 Å². The van der Waals surface area contributed by atoms with Gasteiger partial charge in [0, 0.05) is 6.07 Å². The first-order valence-corrected chi connectivity index (χ1v) is 4.26. The van der Waals surface area contributed by atoms with Crippen LogP contribution in [0.4, 0.5) is 5.69 Å². The number of benzene rings is 1. The molecule has 0 radical (unpaired) electrons. The SMILES string of the molecule is O=[N+]([O-])c1ccccc1OP(=O)=O. The highest BCUT2D eigenvalue weighted by atomic mass is 31.1. The molecule has 0 bridgehead atoms. The first kappa shape index (κ1) is 9.41. The average molecular weight is 201 g/mol. The van der Waals surface area contributed by atoms with E-state index in [9.17, 15) is 19.2 Å². The van der Waals surface area contributed by atoms with Gasteiger partial charge < -0.3 is 4.52 Å². The van der Waals surface area contributed by atoms with Crippen LogP contribution >= 0.6 is 7.91 Å². The van der Waals surface area contributed by atoms with Crippen LogP contribution in [0.25, 0.3) is 0 Å². The third-order valence-corrected chi connectivity index (χ3v) is 1.58. The fourth-order valence-corrected chi connectivity index (χ4v) is 1.08. The monoisotopic (exact) mass is 201 g/mol. The Morgan fingerprint density at radius 1 is 1.31 bits per heavy atom. The van der Waals surface area contributed by atoms with E-state index in [0.29, 0.717) is 0 Å². The smallest absolute Gasteiger partial charge is 0.380 e. The van der Waals surface area contributed by atoms with E-state index in [4.69, 9.17) is 0 Å². The summed E-state index contributed by atoms with van der Waals surface area (Å²) in [6.07, 6.45) is 0. The molecule has 0 aliphatic carbocycles. The highest BCUT2D eigenvalue weighted by Gasteiger charge is 2.14. The largest absolute Gasteiger partial charge is 0.529 e. The summed E-state index contributed by atoms with van der Waals surface area (Å²) >= 11 is 0. The maximum atomic E-state index is 10.3. The lowest BCUT2D eigenvalue weighted by atomic mass is 10.3.